The normalized spacial score (nSPS) is 11.6. The minimum Gasteiger partial charge on any atom is -0.487 e. The van der Waals surface area contributed by atoms with Gasteiger partial charge >= 0.3 is 0 Å². The van der Waals surface area contributed by atoms with Crippen molar-refractivity contribution in [2.75, 3.05) is 28.2 Å². The van der Waals surface area contributed by atoms with Crippen LogP contribution in [0.25, 0.3) is 22.7 Å². The average Bonchev–Trinajstić information content (AvgIpc) is 2.79. The highest BCUT2D eigenvalue weighted by Gasteiger charge is 2.15. The number of hydrogen-bond acceptors (Lipinski definition) is 5. The van der Waals surface area contributed by atoms with E-state index in [0.29, 0.717) is 10.8 Å². The van der Waals surface area contributed by atoms with Gasteiger partial charge in [0.05, 0.1) is 5.02 Å². The van der Waals surface area contributed by atoms with Gasteiger partial charge < -0.3 is 14.5 Å². The molecule has 0 aliphatic heterocycles. The van der Waals surface area contributed by atoms with Crippen LogP contribution in [0.15, 0.2) is 61.5 Å². The molecule has 2 aromatic heterocycles. The molecule has 0 aliphatic carbocycles. The fourth-order valence-corrected chi connectivity index (χ4v) is 3.72. The molecule has 176 valence electrons. The molecule has 0 radical (unpaired) electrons. The number of rotatable bonds is 8. The van der Waals surface area contributed by atoms with E-state index in [2.05, 4.69) is 17.6 Å². The van der Waals surface area contributed by atoms with Gasteiger partial charge in [0.1, 0.15) is 17.9 Å². The second-order valence-electron chi connectivity index (χ2n) is 8.19. The summed E-state index contributed by atoms with van der Waals surface area (Å²) in [5, 5.41) is 1.44. The first-order chi connectivity index (χ1) is 16.2. The zero-order valence-corrected chi connectivity index (χ0v) is 20.9. The smallest absolute Gasteiger partial charge is 0.246 e. The van der Waals surface area contributed by atoms with Gasteiger partial charge in [0.15, 0.2) is 0 Å². The Hall–Kier alpha value is -3.64. The largest absolute Gasteiger partial charge is 0.487 e. The molecule has 0 saturated carbocycles. The lowest BCUT2D eigenvalue weighted by atomic mass is 10.0. The number of carbonyl (C=O) groups excluding carboxylic acids is 1. The highest BCUT2D eigenvalue weighted by Crippen LogP contribution is 2.32. The number of aryl methyl sites for hydroxylation is 1. The lowest BCUT2D eigenvalue weighted by molar-refractivity contribution is -0.123. The van der Waals surface area contributed by atoms with E-state index in [4.69, 9.17) is 21.3 Å². The Morgan fingerprint density at radius 1 is 1.18 bits per heavy atom. The highest BCUT2D eigenvalue weighted by molar-refractivity contribution is 6.31. The molecule has 0 unspecified atom stereocenters. The second-order valence-corrected chi connectivity index (χ2v) is 8.60. The fraction of sp³-hybridized carbons (Fsp3) is 0.222. The number of halogens is 1. The monoisotopic (exact) mass is 476 g/mol. The number of para-hydroxylation sites is 1. The predicted molar refractivity (Wildman–Crippen MR) is 140 cm³/mol. The first-order valence-electron chi connectivity index (χ1n) is 10.8. The molecule has 0 bridgehead atoms. The van der Waals surface area contributed by atoms with Crippen LogP contribution in [-0.2, 0) is 11.4 Å². The molecule has 0 saturated heterocycles. The standard InChI is InChI=1S/C27H29ClN4O2/c1-7-9-24(31(3)4)21-14-18(2)30-27-20(21)10-8-11-25(27)34-17-22-19(15-29-16-23(22)28)12-13-26(33)32(5)6/h7-16H,1,17H2,2-6H3/b13-12+,24-9-. The lowest BCUT2D eigenvalue weighted by Crippen LogP contribution is -2.18. The summed E-state index contributed by atoms with van der Waals surface area (Å²) in [7, 11) is 7.39. The number of benzene rings is 1. The molecule has 2 heterocycles. The van der Waals surface area contributed by atoms with Gasteiger partial charge in [0.2, 0.25) is 5.91 Å². The molecular formula is C27H29ClN4O2. The Morgan fingerprint density at radius 3 is 2.62 bits per heavy atom. The molecule has 6 nitrogen and oxygen atoms in total. The van der Waals surface area contributed by atoms with E-state index in [0.717, 1.165) is 39.0 Å². The van der Waals surface area contributed by atoms with Crippen LogP contribution in [0.2, 0.25) is 5.02 Å². The number of amides is 1. The number of pyridine rings is 2. The van der Waals surface area contributed by atoms with Crippen LogP contribution in [0.5, 0.6) is 5.75 Å². The molecule has 3 aromatic rings. The summed E-state index contributed by atoms with van der Waals surface area (Å²) in [6.45, 7) is 6.02. The number of carbonyl (C=O) groups is 1. The van der Waals surface area contributed by atoms with Crippen LogP contribution in [0.3, 0.4) is 0 Å². The third-order valence-electron chi connectivity index (χ3n) is 5.22. The molecule has 1 amide bonds. The maximum absolute atomic E-state index is 12.0. The summed E-state index contributed by atoms with van der Waals surface area (Å²) in [4.78, 5) is 24.5. The van der Waals surface area contributed by atoms with Crippen LogP contribution in [0.1, 0.15) is 22.4 Å². The number of aromatic nitrogens is 2. The lowest BCUT2D eigenvalue weighted by Gasteiger charge is -2.20. The molecule has 1 aromatic carbocycles. The predicted octanol–water partition coefficient (Wildman–Crippen LogP) is 5.36. The molecule has 3 rings (SSSR count). The zero-order valence-electron chi connectivity index (χ0n) is 20.2. The topological polar surface area (TPSA) is 58.6 Å². The summed E-state index contributed by atoms with van der Waals surface area (Å²) >= 11 is 6.44. The van der Waals surface area contributed by atoms with E-state index in [1.165, 1.54) is 11.0 Å². The average molecular weight is 477 g/mol. The van der Waals surface area contributed by atoms with E-state index >= 15 is 0 Å². The van der Waals surface area contributed by atoms with E-state index < -0.39 is 0 Å². The van der Waals surface area contributed by atoms with E-state index in [1.54, 1.807) is 38.6 Å². The molecule has 7 heteroatoms. The van der Waals surface area contributed by atoms with Crippen molar-refractivity contribution in [1.29, 1.82) is 0 Å². The van der Waals surface area contributed by atoms with E-state index in [1.807, 2.05) is 50.2 Å². The third kappa shape index (κ3) is 5.64. The van der Waals surface area contributed by atoms with Gasteiger partial charge in [-0.05, 0) is 31.2 Å². The molecular weight excluding hydrogens is 448 g/mol. The van der Waals surface area contributed by atoms with Gasteiger partial charge in [0, 0.05) is 80.1 Å². The fourth-order valence-electron chi connectivity index (χ4n) is 3.50. The Bertz CT molecular complexity index is 1280. The van der Waals surface area contributed by atoms with Crippen molar-refractivity contribution < 1.29 is 9.53 Å². The number of nitrogens with zero attached hydrogens (tertiary/aromatic N) is 4. The minimum atomic E-state index is -0.127. The van der Waals surface area contributed by atoms with Crippen LogP contribution in [0, 0.1) is 6.92 Å². The number of fused-ring (bicyclic) bond motifs is 1. The summed E-state index contributed by atoms with van der Waals surface area (Å²) in [5.41, 5.74) is 5.17. The molecule has 0 fully saturated rings. The van der Waals surface area contributed by atoms with Gasteiger partial charge in [-0.1, -0.05) is 36.4 Å². The van der Waals surface area contributed by atoms with Crippen molar-refractivity contribution in [2.45, 2.75) is 13.5 Å². The number of ether oxygens (including phenoxy) is 1. The first-order valence-corrected chi connectivity index (χ1v) is 11.2. The Balaban J connectivity index is 2.01. The Kier molecular flexibility index (Phi) is 8.08. The SMILES string of the molecule is C=C/C=C(/c1cc(C)nc2c(OCc3c(Cl)cncc3/C=C/C(=O)N(C)C)cccc12)N(C)C. The van der Waals surface area contributed by atoms with Crippen molar-refractivity contribution >= 4 is 40.2 Å². The maximum Gasteiger partial charge on any atom is 0.246 e. The molecule has 0 spiro atoms. The molecule has 0 aliphatic rings. The van der Waals surface area contributed by atoms with Gasteiger partial charge in [-0.2, -0.15) is 0 Å². The Morgan fingerprint density at radius 2 is 1.94 bits per heavy atom. The summed E-state index contributed by atoms with van der Waals surface area (Å²) in [5.74, 6) is 0.517. The van der Waals surface area contributed by atoms with E-state index in [-0.39, 0.29) is 12.5 Å². The highest BCUT2D eigenvalue weighted by atomic mass is 35.5. The molecule has 34 heavy (non-hydrogen) atoms. The van der Waals surface area contributed by atoms with E-state index in [9.17, 15) is 4.79 Å². The van der Waals surface area contributed by atoms with Gasteiger partial charge in [-0.25, -0.2) is 4.98 Å². The van der Waals surface area contributed by atoms with Crippen LogP contribution >= 0.6 is 11.6 Å². The van der Waals surface area contributed by atoms with Crippen LogP contribution in [0.4, 0.5) is 0 Å². The van der Waals surface area contributed by atoms with Crippen molar-refractivity contribution in [2.24, 2.45) is 0 Å². The van der Waals surface area contributed by atoms with Gasteiger partial charge in [0.25, 0.3) is 0 Å². The number of likely N-dealkylation sites (N-methyl/N-ethyl adjacent to an activating group) is 1. The molecule has 0 N–H and O–H groups in total. The van der Waals surface area contributed by atoms with Crippen molar-refractivity contribution in [3.8, 4) is 5.75 Å². The zero-order chi connectivity index (χ0) is 24.8. The van der Waals surface area contributed by atoms with Crippen molar-refractivity contribution in [3.05, 3.63) is 88.9 Å². The second kappa shape index (κ2) is 11.0. The summed E-state index contributed by atoms with van der Waals surface area (Å²) < 4.78 is 6.23. The third-order valence-corrected chi connectivity index (χ3v) is 5.55. The van der Waals surface area contributed by atoms with Crippen molar-refractivity contribution in [3.63, 3.8) is 0 Å². The quantitative estimate of drug-likeness (QED) is 0.323. The summed E-state index contributed by atoms with van der Waals surface area (Å²) in [6, 6.07) is 7.94. The number of allylic oxidation sites excluding steroid dienone is 2. The first kappa shape index (κ1) is 25.0. The summed E-state index contributed by atoms with van der Waals surface area (Å²) in [6.07, 6.45) is 10.2. The van der Waals surface area contributed by atoms with Gasteiger partial charge in [-0.3, -0.25) is 9.78 Å². The Labute approximate surface area is 205 Å². The van der Waals surface area contributed by atoms with Crippen LogP contribution < -0.4 is 4.74 Å². The minimum absolute atomic E-state index is 0.127. The number of hydrogen-bond donors (Lipinski definition) is 0. The van der Waals surface area contributed by atoms with Crippen LogP contribution in [-0.4, -0.2) is 53.9 Å². The van der Waals surface area contributed by atoms with Gasteiger partial charge in [-0.15, -0.1) is 0 Å². The molecule has 0 atom stereocenters. The van der Waals surface area contributed by atoms with Crippen molar-refractivity contribution in [1.82, 2.24) is 19.8 Å². The maximum atomic E-state index is 12.0.